The first kappa shape index (κ1) is 13.7. The number of nitrogens with zero attached hydrogens (tertiary/aromatic N) is 1. The summed E-state index contributed by atoms with van der Waals surface area (Å²) in [6.45, 7) is 3.31. The highest BCUT2D eigenvalue weighted by atomic mass is 14.9. The lowest BCUT2D eigenvalue weighted by Gasteiger charge is -2.28. The third-order valence-electron chi connectivity index (χ3n) is 4.31. The van der Waals surface area contributed by atoms with E-state index in [0.29, 0.717) is 11.3 Å². The maximum atomic E-state index is 8.84. The smallest absolute Gasteiger partial charge is 0.101 e. The zero-order chi connectivity index (χ0) is 13.7. The van der Waals surface area contributed by atoms with E-state index < -0.39 is 0 Å². The lowest BCUT2D eigenvalue weighted by atomic mass is 9.81. The van der Waals surface area contributed by atoms with E-state index in [1.54, 1.807) is 6.07 Å². The molecule has 1 aromatic rings. The van der Waals surface area contributed by atoms with Crippen LogP contribution in [0, 0.1) is 23.2 Å². The molecule has 3 N–H and O–H groups in total. The minimum Gasteiger partial charge on any atom is -0.398 e. The van der Waals surface area contributed by atoms with Crippen LogP contribution in [0.1, 0.15) is 44.6 Å². The number of benzene rings is 1. The molecule has 1 aliphatic rings. The fourth-order valence-corrected chi connectivity index (χ4v) is 2.88. The van der Waals surface area contributed by atoms with E-state index in [2.05, 4.69) is 18.3 Å². The molecule has 1 aliphatic carbocycles. The summed E-state index contributed by atoms with van der Waals surface area (Å²) in [5.41, 5.74) is 7.94. The summed E-state index contributed by atoms with van der Waals surface area (Å²) in [6, 6.07) is 7.66. The Morgan fingerprint density at radius 3 is 2.53 bits per heavy atom. The Bertz CT molecular complexity index is 454. The van der Waals surface area contributed by atoms with Gasteiger partial charge in [0.05, 0.1) is 11.3 Å². The summed E-state index contributed by atoms with van der Waals surface area (Å²) in [5, 5.41) is 12.3. The Labute approximate surface area is 115 Å². The zero-order valence-electron chi connectivity index (χ0n) is 11.7. The molecule has 0 heterocycles. The van der Waals surface area contributed by atoms with Gasteiger partial charge in [-0.2, -0.15) is 5.26 Å². The van der Waals surface area contributed by atoms with Crippen molar-refractivity contribution in [1.29, 1.82) is 5.26 Å². The molecule has 0 saturated heterocycles. The molecule has 2 rings (SSSR count). The minimum absolute atomic E-state index is 0.550. The van der Waals surface area contributed by atoms with E-state index in [9.17, 15) is 0 Å². The molecule has 0 unspecified atom stereocenters. The van der Waals surface area contributed by atoms with Crippen molar-refractivity contribution in [2.24, 2.45) is 11.8 Å². The Morgan fingerprint density at radius 1 is 1.26 bits per heavy atom. The molecule has 0 aliphatic heterocycles. The minimum atomic E-state index is 0.550. The predicted octanol–water partition coefficient (Wildman–Crippen LogP) is 3.77. The fourth-order valence-electron chi connectivity index (χ4n) is 2.88. The molecule has 0 amide bonds. The number of hydrogen-bond donors (Lipinski definition) is 2. The van der Waals surface area contributed by atoms with Crippen LogP contribution in [-0.4, -0.2) is 6.54 Å². The molecule has 1 saturated carbocycles. The molecule has 0 bridgehead atoms. The van der Waals surface area contributed by atoms with Crippen molar-refractivity contribution in [3.63, 3.8) is 0 Å². The number of nitrogens with two attached hydrogens (primary N) is 1. The summed E-state index contributed by atoms with van der Waals surface area (Å²) >= 11 is 0. The van der Waals surface area contributed by atoms with E-state index in [4.69, 9.17) is 11.0 Å². The van der Waals surface area contributed by atoms with Gasteiger partial charge < -0.3 is 11.1 Å². The largest absolute Gasteiger partial charge is 0.398 e. The third kappa shape index (κ3) is 3.64. The molecule has 102 valence electrons. The highest BCUT2D eigenvalue weighted by molar-refractivity contribution is 5.62. The van der Waals surface area contributed by atoms with Gasteiger partial charge in [-0.05, 0) is 42.9 Å². The normalized spacial score (nSPS) is 22.7. The average Bonchev–Trinajstić information content (AvgIpc) is 2.46. The molecule has 3 heteroatoms. The van der Waals surface area contributed by atoms with Gasteiger partial charge in [-0.3, -0.25) is 0 Å². The van der Waals surface area contributed by atoms with E-state index >= 15 is 0 Å². The topological polar surface area (TPSA) is 61.8 Å². The van der Waals surface area contributed by atoms with E-state index in [0.717, 1.165) is 24.1 Å². The molecule has 0 radical (unpaired) electrons. The molecule has 1 fully saturated rings. The summed E-state index contributed by atoms with van der Waals surface area (Å²) in [4.78, 5) is 0. The number of hydrogen-bond acceptors (Lipinski definition) is 3. The standard InChI is InChI=1S/C16H23N3/c1-2-12-3-5-13(6-4-12)11-19-15-8-7-14(10-17)16(18)9-15/h7-9,12-13,19H,2-6,11,18H2,1H3. The van der Waals surface area contributed by atoms with Gasteiger partial charge in [0.1, 0.15) is 6.07 Å². The van der Waals surface area contributed by atoms with Gasteiger partial charge in [-0.1, -0.05) is 26.2 Å². The number of nitriles is 1. The van der Waals surface area contributed by atoms with Gasteiger partial charge >= 0.3 is 0 Å². The second-order valence-corrected chi connectivity index (χ2v) is 5.59. The van der Waals surface area contributed by atoms with Gasteiger partial charge in [0.15, 0.2) is 0 Å². The summed E-state index contributed by atoms with van der Waals surface area (Å²) < 4.78 is 0. The number of nitrogens with one attached hydrogen (secondary N) is 1. The third-order valence-corrected chi connectivity index (χ3v) is 4.31. The van der Waals surface area contributed by atoms with Crippen LogP contribution in [0.15, 0.2) is 18.2 Å². The van der Waals surface area contributed by atoms with Crippen molar-refractivity contribution < 1.29 is 0 Å². The first-order chi connectivity index (χ1) is 9.22. The second-order valence-electron chi connectivity index (χ2n) is 5.59. The summed E-state index contributed by atoms with van der Waals surface area (Å²) in [5.74, 6) is 1.72. The van der Waals surface area contributed by atoms with Gasteiger partial charge in [-0.15, -0.1) is 0 Å². The number of rotatable bonds is 4. The van der Waals surface area contributed by atoms with Gasteiger partial charge in [0, 0.05) is 12.2 Å². The lowest BCUT2D eigenvalue weighted by Crippen LogP contribution is -2.21. The van der Waals surface area contributed by atoms with Crippen LogP contribution in [0.25, 0.3) is 0 Å². The Kier molecular flexibility index (Phi) is 4.68. The molecule has 19 heavy (non-hydrogen) atoms. The van der Waals surface area contributed by atoms with Crippen LogP contribution >= 0.6 is 0 Å². The quantitative estimate of drug-likeness (QED) is 0.807. The van der Waals surface area contributed by atoms with E-state index in [1.165, 1.54) is 32.1 Å². The van der Waals surface area contributed by atoms with Crippen LogP contribution < -0.4 is 11.1 Å². The van der Waals surface area contributed by atoms with Crippen LogP contribution in [0.3, 0.4) is 0 Å². The summed E-state index contributed by atoms with van der Waals surface area (Å²) in [6.07, 6.45) is 6.73. The summed E-state index contributed by atoms with van der Waals surface area (Å²) in [7, 11) is 0. The SMILES string of the molecule is CCC1CCC(CNc2ccc(C#N)c(N)c2)CC1. The molecular formula is C16H23N3. The highest BCUT2D eigenvalue weighted by Crippen LogP contribution is 2.30. The van der Waals surface area contributed by atoms with Crippen LogP contribution in [0.4, 0.5) is 11.4 Å². The van der Waals surface area contributed by atoms with E-state index in [1.807, 2.05) is 12.1 Å². The average molecular weight is 257 g/mol. The van der Waals surface area contributed by atoms with Gasteiger partial charge in [0.25, 0.3) is 0 Å². The Balaban J connectivity index is 1.83. The molecule has 0 aromatic heterocycles. The molecular weight excluding hydrogens is 234 g/mol. The number of nitrogen functional groups attached to an aromatic ring is 1. The second kappa shape index (κ2) is 6.47. The van der Waals surface area contributed by atoms with Crippen LogP contribution in [0.2, 0.25) is 0 Å². The van der Waals surface area contributed by atoms with Gasteiger partial charge in [-0.25, -0.2) is 0 Å². The Morgan fingerprint density at radius 2 is 1.95 bits per heavy atom. The molecule has 0 spiro atoms. The van der Waals surface area contributed by atoms with Crippen molar-refractivity contribution in [2.45, 2.75) is 39.0 Å². The lowest BCUT2D eigenvalue weighted by molar-refractivity contribution is 0.278. The predicted molar refractivity (Wildman–Crippen MR) is 79.8 cm³/mol. The van der Waals surface area contributed by atoms with Crippen LogP contribution in [-0.2, 0) is 0 Å². The zero-order valence-corrected chi connectivity index (χ0v) is 11.7. The van der Waals surface area contributed by atoms with Crippen LogP contribution in [0.5, 0.6) is 0 Å². The molecule has 0 atom stereocenters. The van der Waals surface area contributed by atoms with Crippen molar-refractivity contribution >= 4 is 11.4 Å². The Hall–Kier alpha value is -1.69. The molecule has 3 nitrogen and oxygen atoms in total. The van der Waals surface area contributed by atoms with E-state index in [-0.39, 0.29) is 0 Å². The van der Waals surface area contributed by atoms with Crippen molar-refractivity contribution in [2.75, 3.05) is 17.6 Å². The van der Waals surface area contributed by atoms with Crippen molar-refractivity contribution in [3.8, 4) is 6.07 Å². The first-order valence-electron chi connectivity index (χ1n) is 7.26. The van der Waals surface area contributed by atoms with Crippen molar-refractivity contribution in [3.05, 3.63) is 23.8 Å². The highest BCUT2D eigenvalue weighted by Gasteiger charge is 2.19. The maximum Gasteiger partial charge on any atom is 0.101 e. The van der Waals surface area contributed by atoms with Crippen molar-refractivity contribution in [1.82, 2.24) is 0 Å². The molecule has 1 aromatic carbocycles. The van der Waals surface area contributed by atoms with Gasteiger partial charge in [0.2, 0.25) is 0 Å². The number of anilines is 2. The first-order valence-corrected chi connectivity index (χ1v) is 7.26. The monoisotopic (exact) mass is 257 g/mol. The maximum absolute atomic E-state index is 8.84. The fraction of sp³-hybridized carbons (Fsp3) is 0.562.